The largest absolute Gasteiger partial charge is 0.744 e. The number of nitrogens with one attached hydrogen (secondary N) is 2. The second kappa shape index (κ2) is 23.4. The van der Waals surface area contributed by atoms with Crippen LogP contribution in [0.1, 0.15) is 142 Å². The molecular weight excluding hydrogens is 562 g/mol. The van der Waals surface area contributed by atoms with Gasteiger partial charge in [-0.3, -0.25) is 14.5 Å². The highest BCUT2D eigenvalue weighted by atomic mass is 32.2. The first-order chi connectivity index (χ1) is 20.5. The molecule has 2 N–H and O–H groups in total. The zero-order valence-electron chi connectivity index (χ0n) is 27.6. The molecule has 8 nitrogen and oxygen atoms in total. The van der Waals surface area contributed by atoms with Crippen molar-refractivity contribution in [2.24, 2.45) is 5.92 Å². The predicted octanol–water partition coefficient (Wildman–Crippen LogP) is 6.30. The molecule has 1 aliphatic heterocycles. The van der Waals surface area contributed by atoms with Crippen molar-refractivity contribution in [3.63, 3.8) is 0 Å². The Morgan fingerprint density at radius 2 is 1.42 bits per heavy atom. The summed E-state index contributed by atoms with van der Waals surface area (Å²) in [4.78, 5) is 26.1. The van der Waals surface area contributed by atoms with E-state index in [4.69, 9.17) is 0 Å². The van der Waals surface area contributed by atoms with Crippen LogP contribution in [-0.2, 0) is 19.7 Å². The van der Waals surface area contributed by atoms with Crippen molar-refractivity contribution < 1.29 is 27.6 Å². The topological polar surface area (TPSA) is 111 Å². The Labute approximate surface area is 263 Å². The SMILES string of the molecule is CCCCCCCCCCCCCCCCC(=O)N[NH+](CCC(C)C)CN1CCCC1=O.Cc1ccc(S(=O)(=O)[O-])cc1. The van der Waals surface area contributed by atoms with Gasteiger partial charge < -0.3 is 4.55 Å². The van der Waals surface area contributed by atoms with Gasteiger partial charge in [-0.1, -0.05) is 122 Å². The Balaban J connectivity index is 0.000000699. The van der Waals surface area contributed by atoms with Gasteiger partial charge in [-0.05, 0) is 37.8 Å². The van der Waals surface area contributed by atoms with Gasteiger partial charge in [0.05, 0.1) is 4.90 Å². The van der Waals surface area contributed by atoms with Gasteiger partial charge in [-0.2, -0.15) is 0 Å². The van der Waals surface area contributed by atoms with Gasteiger partial charge in [0.25, 0.3) is 5.91 Å². The van der Waals surface area contributed by atoms with E-state index in [1.54, 1.807) is 12.1 Å². The summed E-state index contributed by atoms with van der Waals surface area (Å²) in [6, 6.07) is 5.78. The molecule has 1 aromatic rings. The third-order valence-corrected chi connectivity index (χ3v) is 8.81. The van der Waals surface area contributed by atoms with Crippen molar-refractivity contribution in [2.45, 2.75) is 148 Å². The van der Waals surface area contributed by atoms with Crippen LogP contribution in [0.15, 0.2) is 29.2 Å². The highest BCUT2D eigenvalue weighted by Crippen LogP contribution is 2.13. The summed E-state index contributed by atoms with van der Waals surface area (Å²) in [6.45, 7) is 10.8. The number of hydrogen-bond donors (Lipinski definition) is 2. The molecule has 0 radical (unpaired) electrons. The van der Waals surface area contributed by atoms with Crippen LogP contribution in [0.5, 0.6) is 0 Å². The number of carbonyl (C=O) groups is 2. The minimum absolute atomic E-state index is 0.134. The molecule has 1 heterocycles. The maximum absolute atomic E-state index is 12.4. The number of rotatable bonds is 22. The summed E-state index contributed by atoms with van der Waals surface area (Å²) < 4.78 is 31.2. The van der Waals surface area contributed by atoms with Crippen LogP contribution in [0.25, 0.3) is 0 Å². The average molecular weight is 624 g/mol. The Kier molecular flexibility index (Phi) is 21.3. The Bertz CT molecular complexity index is 982. The fourth-order valence-corrected chi connectivity index (χ4v) is 5.66. The first-order valence-electron chi connectivity index (χ1n) is 17.0. The van der Waals surface area contributed by atoms with Crippen LogP contribution < -0.4 is 10.4 Å². The number of aryl methyl sites for hydroxylation is 1. The van der Waals surface area contributed by atoms with Crippen molar-refractivity contribution >= 4 is 21.9 Å². The summed E-state index contributed by atoms with van der Waals surface area (Å²) in [5, 5.41) is 1.03. The fraction of sp³-hybridized carbons (Fsp3) is 0.765. The van der Waals surface area contributed by atoms with E-state index >= 15 is 0 Å². The fourth-order valence-electron chi connectivity index (χ4n) is 5.19. The van der Waals surface area contributed by atoms with E-state index in [-0.39, 0.29) is 16.7 Å². The lowest BCUT2D eigenvalue weighted by atomic mass is 10.0. The molecular formula is C34H61N3O5S. The maximum atomic E-state index is 12.4. The molecule has 9 heteroatoms. The van der Waals surface area contributed by atoms with Crippen LogP contribution in [0.4, 0.5) is 0 Å². The zero-order valence-corrected chi connectivity index (χ0v) is 28.4. The Morgan fingerprint density at radius 3 is 1.86 bits per heavy atom. The summed E-state index contributed by atoms with van der Waals surface area (Å²) in [6.07, 6.45) is 21.9. The lowest BCUT2D eigenvalue weighted by Gasteiger charge is -2.25. The van der Waals surface area contributed by atoms with E-state index in [2.05, 4.69) is 26.2 Å². The number of nitrogens with zero attached hydrogens (tertiary/aromatic N) is 1. The molecule has 2 amide bonds. The van der Waals surface area contributed by atoms with E-state index < -0.39 is 10.1 Å². The number of hydrogen-bond acceptors (Lipinski definition) is 5. The number of carbonyl (C=O) groups excluding carboxylic acids is 2. The molecule has 248 valence electrons. The summed E-state index contributed by atoms with van der Waals surface area (Å²) in [5.41, 5.74) is 4.08. The van der Waals surface area contributed by atoms with Crippen molar-refractivity contribution in [1.29, 1.82) is 0 Å². The van der Waals surface area contributed by atoms with Gasteiger partial charge in [0.1, 0.15) is 16.7 Å². The third-order valence-electron chi connectivity index (χ3n) is 7.96. The molecule has 0 aromatic heterocycles. The first kappa shape index (κ1) is 39.1. The molecule has 1 saturated heterocycles. The minimum atomic E-state index is -4.27. The monoisotopic (exact) mass is 623 g/mol. The molecule has 0 aliphatic carbocycles. The van der Waals surface area contributed by atoms with Crippen LogP contribution in [-0.4, -0.2) is 49.4 Å². The van der Waals surface area contributed by atoms with Gasteiger partial charge in [0.15, 0.2) is 6.67 Å². The number of likely N-dealkylation sites (tertiary alicyclic amines) is 1. The molecule has 1 aliphatic rings. The Morgan fingerprint density at radius 1 is 0.907 bits per heavy atom. The number of benzene rings is 1. The van der Waals surface area contributed by atoms with Crippen LogP contribution in [0, 0.1) is 12.8 Å². The zero-order chi connectivity index (χ0) is 31.9. The van der Waals surface area contributed by atoms with E-state index in [1.165, 1.54) is 89.2 Å². The minimum Gasteiger partial charge on any atom is -0.744 e. The van der Waals surface area contributed by atoms with Gasteiger partial charge in [-0.25, -0.2) is 18.9 Å². The summed E-state index contributed by atoms with van der Waals surface area (Å²) in [5.74, 6) is 0.963. The van der Waals surface area contributed by atoms with E-state index in [1.807, 2.05) is 11.8 Å². The second-order valence-corrected chi connectivity index (χ2v) is 14.0. The average Bonchev–Trinajstić information content (AvgIpc) is 3.35. The summed E-state index contributed by atoms with van der Waals surface area (Å²) in [7, 11) is -4.27. The van der Waals surface area contributed by atoms with Crippen molar-refractivity contribution in [3.8, 4) is 0 Å². The molecule has 1 unspecified atom stereocenters. The second-order valence-electron chi connectivity index (χ2n) is 12.6. The third kappa shape index (κ3) is 20.6. The van der Waals surface area contributed by atoms with Crippen LogP contribution in [0.2, 0.25) is 0 Å². The highest BCUT2D eigenvalue weighted by molar-refractivity contribution is 7.85. The lowest BCUT2D eigenvalue weighted by Crippen LogP contribution is -3.20. The van der Waals surface area contributed by atoms with Crippen LogP contribution >= 0.6 is 0 Å². The van der Waals surface area contributed by atoms with Crippen LogP contribution in [0.3, 0.4) is 0 Å². The quantitative estimate of drug-likeness (QED) is 0.0895. The standard InChI is InChI=1S/C27H53N3O2.C7H8O3S/c1-4-5-6-7-8-9-10-11-12-13-14-15-16-17-19-26(31)28-30(23-21-25(2)3)24-29-22-18-20-27(29)32;1-6-2-4-7(5-3-6)11(8,9)10/h25H,4-24H2,1-3H3,(H,28,31);2-5H,1H3,(H,8,9,10). The van der Waals surface area contributed by atoms with Crippen molar-refractivity contribution in [1.82, 2.24) is 10.3 Å². The van der Waals surface area contributed by atoms with Gasteiger partial charge in [0, 0.05) is 25.8 Å². The molecule has 1 aromatic carbocycles. The molecule has 2 rings (SSSR count). The van der Waals surface area contributed by atoms with Crippen molar-refractivity contribution in [3.05, 3.63) is 29.8 Å². The maximum Gasteiger partial charge on any atom is 0.264 e. The predicted molar refractivity (Wildman–Crippen MR) is 173 cm³/mol. The Hall–Kier alpha value is -1.97. The summed E-state index contributed by atoms with van der Waals surface area (Å²) >= 11 is 0. The van der Waals surface area contributed by atoms with Gasteiger partial charge in [0.2, 0.25) is 5.91 Å². The molecule has 1 fully saturated rings. The van der Waals surface area contributed by atoms with Gasteiger partial charge >= 0.3 is 0 Å². The number of amides is 2. The van der Waals surface area contributed by atoms with E-state index in [0.29, 0.717) is 25.4 Å². The van der Waals surface area contributed by atoms with E-state index in [0.717, 1.165) is 49.3 Å². The van der Waals surface area contributed by atoms with Gasteiger partial charge in [-0.15, -0.1) is 0 Å². The molecule has 0 saturated carbocycles. The molecule has 0 spiro atoms. The lowest BCUT2D eigenvalue weighted by molar-refractivity contribution is -0.944. The molecule has 1 atom stereocenters. The number of unbranched alkanes of at least 4 members (excludes halogenated alkanes) is 13. The van der Waals surface area contributed by atoms with E-state index in [9.17, 15) is 22.6 Å². The smallest absolute Gasteiger partial charge is 0.264 e. The molecule has 0 bridgehead atoms. The first-order valence-corrected chi connectivity index (χ1v) is 18.4. The highest BCUT2D eigenvalue weighted by Gasteiger charge is 2.25. The number of quaternary nitrogens is 1. The normalized spacial score (nSPS) is 14.1. The molecule has 43 heavy (non-hydrogen) atoms. The van der Waals surface area contributed by atoms with Crippen molar-refractivity contribution in [2.75, 3.05) is 19.8 Å².